The van der Waals surface area contributed by atoms with E-state index in [1.807, 2.05) is 0 Å². The van der Waals surface area contributed by atoms with E-state index in [4.69, 9.17) is 17.3 Å². The standard InChI is InChI=1S/C12H9ClFN5/c1-6-9(14)2-3-10-7(4-17-19(6)10)11-8(13)5-16-12(15)18-11/h2-5H,1H3,(H2,15,16,18). The van der Waals surface area contributed by atoms with Crippen molar-refractivity contribution in [3.63, 3.8) is 0 Å². The first-order valence-corrected chi connectivity index (χ1v) is 5.87. The molecule has 0 spiro atoms. The van der Waals surface area contributed by atoms with Gasteiger partial charge in [0.25, 0.3) is 0 Å². The van der Waals surface area contributed by atoms with Crippen molar-refractivity contribution in [3.05, 3.63) is 41.1 Å². The summed E-state index contributed by atoms with van der Waals surface area (Å²) in [5.41, 5.74) is 7.85. The molecule has 2 N–H and O–H groups in total. The van der Waals surface area contributed by atoms with Crippen LogP contribution in [0.5, 0.6) is 0 Å². The Kier molecular flexibility index (Phi) is 2.60. The molecular formula is C12H9ClFN5. The van der Waals surface area contributed by atoms with Crippen LogP contribution < -0.4 is 5.73 Å². The van der Waals surface area contributed by atoms with Crippen LogP contribution in [0.1, 0.15) is 5.69 Å². The molecule has 0 aliphatic heterocycles. The van der Waals surface area contributed by atoms with Gasteiger partial charge >= 0.3 is 0 Å². The number of nitrogens with two attached hydrogens (primary N) is 1. The third kappa shape index (κ3) is 1.80. The van der Waals surface area contributed by atoms with Gasteiger partial charge in [-0.2, -0.15) is 5.10 Å². The lowest BCUT2D eigenvalue weighted by Gasteiger charge is -2.04. The lowest BCUT2D eigenvalue weighted by Crippen LogP contribution is -1.98. The minimum atomic E-state index is -0.324. The van der Waals surface area contributed by atoms with Crippen molar-refractivity contribution in [2.75, 3.05) is 5.73 Å². The Morgan fingerprint density at radius 1 is 1.32 bits per heavy atom. The predicted molar refractivity (Wildman–Crippen MR) is 70.3 cm³/mol. The van der Waals surface area contributed by atoms with Crippen LogP contribution in [0, 0.1) is 12.7 Å². The van der Waals surface area contributed by atoms with Gasteiger partial charge in [0, 0.05) is 5.56 Å². The van der Waals surface area contributed by atoms with Crippen molar-refractivity contribution in [1.29, 1.82) is 0 Å². The van der Waals surface area contributed by atoms with E-state index in [-0.39, 0.29) is 11.8 Å². The number of fused-ring (bicyclic) bond motifs is 1. The average Bonchev–Trinajstić information content (AvgIpc) is 2.81. The number of pyridine rings is 1. The number of halogens is 2. The van der Waals surface area contributed by atoms with E-state index in [0.717, 1.165) is 0 Å². The monoisotopic (exact) mass is 277 g/mol. The molecule has 0 unspecified atom stereocenters. The van der Waals surface area contributed by atoms with E-state index in [2.05, 4.69) is 15.1 Å². The summed E-state index contributed by atoms with van der Waals surface area (Å²) in [6.07, 6.45) is 3.01. The van der Waals surface area contributed by atoms with Crippen molar-refractivity contribution in [1.82, 2.24) is 19.6 Å². The van der Waals surface area contributed by atoms with Gasteiger partial charge < -0.3 is 5.73 Å². The Hall–Kier alpha value is -2.21. The fourth-order valence-corrected chi connectivity index (χ4v) is 2.10. The zero-order valence-corrected chi connectivity index (χ0v) is 10.7. The molecule has 5 nitrogen and oxygen atoms in total. The van der Waals surface area contributed by atoms with Gasteiger partial charge in [-0.05, 0) is 19.1 Å². The summed E-state index contributed by atoms with van der Waals surface area (Å²) >= 11 is 6.07. The largest absolute Gasteiger partial charge is 0.368 e. The van der Waals surface area contributed by atoms with Crippen LogP contribution in [0.4, 0.5) is 10.3 Å². The molecule has 3 aromatic heterocycles. The number of nitrogens with zero attached hydrogens (tertiary/aromatic N) is 4. The van der Waals surface area contributed by atoms with Gasteiger partial charge in [-0.3, -0.25) is 0 Å². The number of anilines is 1. The van der Waals surface area contributed by atoms with Gasteiger partial charge in [-0.1, -0.05) is 11.6 Å². The van der Waals surface area contributed by atoms with E-state index in [1.54, 1.807) is 19.2 Å². The molecule has 0 bridgehead atoms. The third-order valence-corrected chi connectivity index (χ3v) is 3.15. The van der Waals surface area contributed by atoms with Gasteiger partial charge in [0.15, 0.2) is 0 Å². The minimum absolute atomic E-state index is 0.123. The second-order valence-electron chi connectivity index (χ2n) is 4.05. The molecule has 96 valence electrons. The molecule has 0 amide bonds. The maximum Gasteiger partial charge on any atom is 0.220 e. The van der Waals surface area contributed by atoms with E-state index in [0.29, 0.717) is 27.5 Å². The van der Waals surface area contributed by atoms with Crippen LogP contribution in [0.15, 0.2) is 24.5 Å². The van der Waals surface area contributed by atoms with Crippen LogP contribution in [-0.4, -0.2) is 19.6 Å². The summed E-state index contributed by atoms with van der Waals surface area (Å²) in [6.45, 7) is 1.65. The highest BCUT2D eigenvalue weighted by atomic mass is 35.5. The van der Waals surface area contributed by atoms with E-state index in [1.165, 1.54) is 16.8 Å². The van der Waals surface area contributed by atoms with E-state index >= 15 is 0 Å². The summed E-state index contributed by atoms with van der Waals surface area (Å²) in [5, 5.41) is 4.51. The second-order valence-corrected chi connectivity index (χ2v) is 4.45. The summed E-state index contributed by atoms with van der Waals surface area (Å²) in [5.74, 6) is -0.201. The third-order valence-electron chi connectivity index (χ3n) is 2.88. The number of aryl methyl sites for hydroxylation is 1. The highest BCUT2D eigenvalue weighted by molar-refractivity contribution is 6.33. The highest BCUT2D eigenvalue weighted by Gasteiger charge is 2.14. The summed E-state index contributed by atoms with van der Waals surface area (Å²) in [4.78, 5) is 7.91. The Morgan fingerprint density at radius 3 is 2.89 bits per heavy atom. The Balaban J connectivity index is 2.32. The normalized spacial score (nSPS) is 11.1. The van der Waals surface area contributed by atoms with E-state index < -0.39 is 0 Å². The first-order valence-electron chi connectivity index (χ1n) is 5.49. The van der Waals surface area contributed by atoms with Crippen LogP contribution in [0.2, 0.25) is 5.02 Å². The van der Waals surface area contributed by atoms with Crippen LogP contribution in [0.3, 0.4) is 0 Å². The van der Waals surface area contributed by atoms with Gasteiger partial charge in [0.2, 0.25) is 5.95 Å². The summed E-state index contributed by atoms with van der Waals surface area (Å²) < 4.78 is 15.0. The maximum atomic E-state index is 13.5. The summed E-state index contributed by atoms with van der Waals surface area (Å²) in [7, 11) is 0. The average molecular weight is 278 g/mol. The molecular weight excluding hydrogens is 269 g/mol. The lowest BCUT2D eigenvalue weighted by atomic mass is 10.2. The molecule has 0 fully saturated rings. The fraction of sp³-hybridized carbons (Fsp3) is 0.0833. The number of nitrogen functional groups attached to an aromatic ring is 1. The SMILES string of the molecule is Cc1c(F)ccc2c(-c3nc(N)ncc3Cl)cnn12. The van der Waals surface area contributed by atoms with E-state index in [9.17, 15) is 4.39 Å². The molecule has 0 saturated carbocycles. The van der Waals surface area contributed by atoms with Crippen molar-refractivity contribution >= 4 is 23.1 Å². The Bertz CT molecular complexity index is 783. The molecule has 0 aliphatic carbocycles. The predicted octanol–water partition coefficient (Wildman–Crippen LogP) is 2.47. The van der Waals surface area contributed by atoms with Gasteiger partial charge in [0.05, 0.1) is 34.3 Å². The molecule has 0 aliphatic rings. The fourth-order valence-electron chi connectivity index (χ4n) is 1.91. The van der Waals surface area contributed by atoms with Crippen LogP contribution >= 0.6 is 11.6 Å². The zero-order valence-electron chi connectivity index (χ0n) is 9.93. The van der Waals surface area contributed by atoms with Crippen molar-refractivity contribution in [2.24, 2.45) is 0 Å². The highest BCUT2D eigenvalue weighted by Crippen LogP contribution is 2.29. The zero-order chi connectivity index (χ0) is 13.6. The Morgan fingerprint density at radius 2 is 2.11 bits per heavy atom. The number of hydrogen-bond acceptors (Lipinski definition) is 4. The minimum Gasteiger partial charge on any atom is -0.368 e. The molecule has 0 saturated heterocycles. The smallest absolute Gasteiger partial charge is 0.220 e. The lowest BCUT2D eigenvalue weighted by molar-refractivity contribution is 0.600. The topological polar surface area (TPSA) is 69.1 Å². The molecule has 3 aromatic rings. The van der Waals surface area contributed by atoms with Crippen molar-refractivity contribution in [2.45, 2.75) is 6.92 Å². The quantitative estimate of drug-likeness (QED) is 0.742. The molecule has 7 heteroatoms. The molecule has 3 rings (SSSR count). The first kappa shape index (κ1) is 11.9. The molecule has 0 aromatic carbocycles. The van der Waals surface area contributed by atoms with Crippen LogP contribution in [0.25, 0.3) is 16.8 Å². The van der Waals surface area contributed by atoms with Gasteiger partial charge in [-0.15, -0.1) is 0 Å². The maximum absolute atomic E-state index is 13.5. The number of rotatable bonds is 1. The number of aromatic nitrogens is 4. The van der Waals surface area contributed by atoms with Gasteiger partial charge in [-0.25, -0.2) is 18.9 Å². The number of hydrogen-bond donors (Lipinski definition) is 1. The second kappa shape index (κ2) is 4.17. The first-order chi connectivity index (χ1) is 9.08. The molecule has 0 atom stereocenters. The van der Waals surface area contributed by atoms with Crippen LogP contribution in [-0.2, 0) is 0 Å². The molecule has 0 radical (unpaired) electrons. The summed E-state index contributed by atoms with van der Waals surface area (Å²) in [6, 6.07) is 3.01. The molecule has 3 heterocycles. The van der Waals surface area contributed by atoms with Crippen molar-refractivity contribution < 1.29 is 4.39 Å². The Labute approximate surface area is 112 Å². The van der Waals surface area contributed by atoms with Crippen molar-refractivity contribution in [3.8, 4) is 11.3 Å². The molecule has 19 heavy (non-hydrogen) atoms. The van der Waals surface area contributed by atoms with Gasteiger partial charge in [0.1, 0.15) is 5.82 Å².